The van der Waals surface area contributed by atoms with E-state index in [4.69, 9.17) is 44.4 Å². The lowest BCUT2D eigenvalue weighted by molar-refractivity contribution is 0.0798. The summed E-state index contributed by atoms with van der Waals surface area (Å²) in [7, 11) is -8.62. The SMILES string of the molecule is CCCCCCCCCCCCCCCCCCOCCc1nc2c(=O)n(CC(O)CO)c(N(CC(OCCCCCCCCCCCCCCCCCC)=C(C)C)CC(O)CO)nc2n1CCOCP(=O)(O)O.Nc1nc2c(ncn2CCOCP(=O)(O)O)c(=O)[nH]1. The summed E-state index contributed by atoms with van der Waals surface area (Å²) in [4.78, 5) is 83.6. The van der Waals surface area contributed by atoms with Gasteiger partial charge in [0.1, 0.15) is 24.3 Å². The Morgan fingerprint density at radius 3 is 1.49 bits per heavy atom. The largest absolute Gasteiger partial charge is 0.496 e. The molecule has 4 aromatic heterocycles. The number of aromatic amines is 1. The van der Waals surface area contributed by atoms with Crippen molar-refractivity contribution in [2.75, 3.05) is 82.7 Å². The number of nitrogens with one attached hydrogen (secondary N) is 1. The van der Waals surface area contributed by atoms with Crippen LogP contribution < -0.4 is 21.8 Å². The molecule has 93 heavy (non-hydrogen) atoms. The number of aliphatic hydroxyl groups is 4. The van der Waals surface area contributed by atoms with Crippen molar-refractivity contribution in [3.05, 3.63) is 44.2 Å². The molecule has 0 aromatic carbocycles. The van der Waals surface area contributed by atoms with Crippen LogP contribution in [0.1, 0.15) is 239 Å². The Kier molecular flexibility index (Phi) is 44.1. The van der Waals surface area contributed by atoms with Gasteiger partial charge in [-0.15, -0.1) is 0 Å². The molecular weight excluding hydrogens is 1240 g/mol. The Morgan fingerprint density at radius 2 is 1.03 bits per heavy atom. The highest BCUT2D eigenvalue weighted by atomic mass is 31.2. The zero-order valence-electron chi connectivity index (χ0n) is 56.9. The number of nitrogens with zero attached hydrogens (tertiary/aromatic N) is 8. The predicted molar refractivity (Wildman–Crippen MR) is 366 cm³/mol. The lowest BCUT2D eigenvalue weighted by Crippen LogP contribution is -2.42. The van der Waals surface area contributed by atoms with Gasteiger partial charge in [-0.25, -0.2) is 9.97 Å². The van der Waals surface area contributed by atoms with Gasteiger partial charge in [0.25, 0.3) is 11.1 Å². The van der Waals surface area contributed by atoms with E-state index in [9.17, 15) is 48.9 Å². The number of H-pyrrole nitrogens is 1. The van der Waals surface area contributed by atoms with Crippen LogP contribution in [0.4, 0.5) is 11.9 Å². The van der Waals surface area contributed by atoms with Crippen LogP contribution >= 0.6 is 15.2 Å². The Hall–Kier alpha value is -4.14. The van der Waals surface area contributed by atoms with Gasteiger partial charge in [0.2, 0.25) is 11.9 Å². The molecule has 0 radical (unpaired) electrons. The number of nitrogens with two attached hydrogens (primary N) is 1. The summed E-state index contributed by atoms with van der Waals surface area (Å²) < 4.78 is 49.2. The van der Waals surface area contributed by atoms with Crippen LogP contribution in [0.15, 0.2) is 27.2 Å². The van der Waals surface area contributed by atoms with Crippen LogP contribution in [-0.2, 0) is 54.1 Å². The topological polar surface area (TPSA) is 378 Å². The molecule has 2 unspecified atom stereocenters. The maximum Gasteiger partial charge on any atom is 0.350 e. The average molecular weight is 1360 g/mol. The molecule has 0 amide bonds. The first-order chi connectivity index (χ1) is 44.7. The van der Waals surface area contributed by atoms with Gasteiger partial charge in [0, 0.05) is 32.7 Å². The molecule has 0 saturated heterocycles. The number of hydrogen-bond donors (Lipinski definition) is 10. The summed E-state index contributed by atoms with van der Waals surface area (Å²) in [6.45, 7) is 8.36. The summed E-state index contributed by atoms with van der Waals surface area (Å²) in [5, 5.41) is 41.5. The van der Waals surface area contributed by atoms with E-state index in [1.807, 2.05) is 13.8 Å². The van der Waals surface area contributed by atoms with Crippen molar-refractivity contribution < 1.29 is 68.1 Å². The minimum Gasteiger partial charge on any atom is -0.496 e. The van der Waals surface area contributed by atoms with Crippen molar-refractivity contribution in [1.82, 2.24) is 38.6 Å². The summed E-state index contributed by atoms with van der Waals surface area (Å²) in [6, 6.07) is 0. The van der Waals surface area contributed by atoms with E-state index in [1.54, 1.807) is 9.47 Å². The highest BCUT2D eigenvalue weighted by molar-refractivity contribution is 7.51. The normalized spacial score (nSPS) is 12.6. The van der Waals surface area contributed by atoms with Crippen molar-refractivity contribution >= 4 is 49.4 Å². The number of rotatable bonds is 57. The molecule has 11 N–H and O–H groups in total. The van der Waals surface area contributed by atoms with E-state index < -0.39 is 64.4 Å². The fraction of sp³-hybridized carbons (Fsp3) is 0.815. The van der Waals surface area contributed by atoms with Crippen molar-refractivity contribution in [1.29, 1.82) is 0 Å². The van der Waals surface area contributed by atoms with E-state index in [1.165, 1.54) is 189 Å². The highest BCUT2D eigenvalue weighted by Crippen LogP contribution is 2.34. The van der Waals surface area contributed by atoms with Crippen LogP contribution in [0.5, 0.6) is 0 Å². The number of unbranched alkanes of at least 4 members (excludes halogenated alkanes) is 30. The second kappa shape index (κ2) is 49.4. The molecule has 0 fully saturated rings. The van der Waals surface area contributed by atoms with Gasteiger partial charge in [-0.05, 0) is 32.3 Å². The maximum absolute atomic E-state index is 14.5. The molecule has 4 aromatic rings. The Balaban J connectivity index is 0.00000100. The third-order valence-corrected chi connectivity index (χ3v) is 17.2. The highest BCUT2D eigenvalue weighted by Gasteiger charge is 2.27. The molecule has 4 heterocycles. The Bertz CT molecular complexity index is 2850. The number of nitrogen functional groups attached to an aromatic ring is 1. The number of aliphatic hydroxyl groups excluding tert-OH is 4. The van der Waals surface area contributed by atoms with Crippen LogP contribution in [-0.4, -0.2) is 163 Å². The number of anilines is 2. The van der Waals surface area contributed by atoms with E-state index in [2.05, 4.69) is 28.8 Å². The Morgan fingerprint density at radius 1 is 0.570 bits per heavy atom. The average Bonchev–Trinajstić information content (AvgIpc) is 1.66. The molecule has 0 aliphatic rings. The number of hydrogen-bond acceptors (Lipinski definition) is 18. The van der Waals surface area contributed by atoms with Gasteiger partial charge in [-0.1, -0.05) is 206 Å². The zero-order valence-corrected chi connectivity index (χ0v) is 58.6. The van der Waals surface area contributed by atoms with Crippen molar-refractivity contribution in [3.8, 4) is 0 Å². The monoisotopic (exact) mass is 1360 g/mol. The second-order valence-electron chi connectivity index (χ2n) is 24.9. The number of ether oxygens (including phenoxy) is 4. The van der Waals surface area contributed by atoms with Gasteiger partial charge >= 0.3 is 15.2 Å². The van der Waals surface area contributed by atoms with E-state index in [0.717, 1.165) is 37.7 Å². The van der Waals surface area contributed by atoms with E-state index in [0.29, 0.717) is 43.5 Å². The molecule has 0 aliphatic heterocycles. The standard InChI is InChI=1S/C57H108N5O11P.C8H12N5O5P/c1-5-7-9-11-13-15-17-19-21-23-25-27-29-31-33-35-39-71-41-37-53-58-54-55(61(53)38-42-72-48-74(68,69)70)59-57(62(56(54)67)44-51(66)47-64)60(43-50(65)46-63)45-52(49(3)4)73-40-36-34-32-30-28-26-24-22-20-18-16-14-12-10-8-6-2;9-8-11-6-5(7(14)12-8)10-3-13(6)1-2-18-4-19(15,16)17/h50-51,63-66H,5-48H2,1-4H3,(H2,68,69,70);3H,1-2,4H2,(H2,15,16,17)(H3,9,11,12,14). The fourth-order valence-corrected chi connectivity index (χ4v) is 11.7. The molecule has 0 spiro atoms. The summed E-state index contributed by atoms with van der Waals surface area (Å²) in [5.74, 6) is 1.09. The minimum absolute atomic E-state index is 0.00785. The third kappa shape index (κ3) is 36.7. The van der Waals surface area contributed by atoms with Gasteiger partial charge < -0.3 is 78.7 Å². The first kappa shape index (κ1) is 83.1. The lowest BCUT2D eigenvalue weighted by atomic mass is 10.0. The first-order valence-corrected chi connectivity index (χ1v) is 38.5. The number of aromatic nitrogens is 8. The van der Waals surface area contributed by atoms with Crippen LogP contribution in [0.3, 0.4) is 0 Å². The number of allylic oxidation sites excluding steroid dienone is 1. The van der Waals surface area contributed by atoms with E-state index in [-0.39, 0.29) is 74.5 Å². The van der Waals surface area contributed by atoms with Gasteiger partial charge in [-0.3, -0.25) is 28.3 Å². The molecule has 0 bridgehead atoms. The molecule has 4 rings (SSSR count). The molecule has 536 valence electrons. The van der Waals surface area contributed by atoms with Crippen molar-refractivity contribution in [2.45, 2.75) is 271 Å². The molecule has 26 nitrogen and oxygen atoms in total. The van der Waals surface area contributed by atoms with Gasteiger partial charge in [0.05, 0.1) is 71.3 Å². The third-order valence-electron chi connectivity index (χ3n) is 16.2. The van der Waals surface area contributed by atoms with Crippen LogP contribution in [0.2, 0.25) is 0 Å². The summed E-state index contributed by atoms with van der Waals surface area (Å²) >= 11 is 0. The molecule has 0 saturated carbocycles. The number of fused-ring (bicyclic) bond motifs is 2. The van der Waals surface area contributed by atoms with Crippen molar-refractivity contribution in [2.24, 2.45) is 0 Å². The quantitative estimate of drug-likeness (QED) is 0.0111. The molecule has 28 heteroatoms. The Labute approximate surface area is 552 Å². The lowest BCUT2D eigenvalue weighted by Gasteiger charge is -2.30. The van der Waals surface area contributed by atoms with Gasteiger partial charge in [-0.2, -0.15) is 9.97 Å². The zero-order chi connectivity index (χ0) is 68.1. The minimum atomic E-state index is -4.45. The fourth-order valence-electron chi connectivity index (χ4n) is 11.0. The van der Waals surface area contributed by atoms with Crippen LogP contribution in [0.25, 0.3) is 22.3 Å². The molecule has 0 aliphatic carbocycles. The summed E-state index contributed by atoms with van der Waals surface area (Å²) in [5.41, 5.74) is 5.85. The number of imidazole rings is 2. The van der Waals surface area contributed by atoms with Crippen LogP contribution in [0, 0.1) is 0 Å². The smallest absolute Gasteiger partial charge is 0.350 e. The predicted octanol–water partition coefficient (Wildman–Crippen LogP) is 10.5. The second-order valence-corrected chi connectivity index (χ2v) is 28.1. The van der Waals surface area contributed by atoms with E-state index >= 15 is 0 Å². The van der Waals surface area contributed by atoms with Gasteiger partial charge in [0.15, 0.2) is 22.3 Å². The molecule has 2 atom stereocenters. The first-order valence-electron chi connectivity index (χ1n) is 34.9. The summed E-state index contributed by atoms with van der Waals surface area (Å²) in [6.07, 6.45) is 38.6. The maximum atomic E-state index is 14.5. The molecular formula is C65H120N10O16P2. The van der Waals surface area contributed by atoms with Crippen molar-refractivity contribution in [3.63, 3.8) is 0 Å².